The van der Waals surface area contributed by atoms with Gasteiger partial charge in [-0.15, -0.1) is 0 Å². The van der Waals surface area contributed by atoms with Gasteiger partial charge in [0.1, 0.15) is 11.4 Å². The number of allylic oxidation sites excluding steroid dienone is 1. The van der Waals surface area contributed by atoms with Crippen LogP contribution < -0.4 is 15.4 Å². The van der Waals surface area contributed by atoms with Crippen LogP contribution in [0.25, 0.3) is 5.57 Å². The van der Waals surface area contributed by atoms with Gasteiger partial charge in [-0.3, -0.25) is 9.69 Å². The van der Waals surface area contributed by atoms with Crippen molar-refractivity contribution in [2.24, 2.45) is 11.1 Å². The third-order valence-corrected chi connectivity index (χ3v) is 5.85. The Morgan fingerprint density at radius 3 is 2.42 bits per heavy atom. The highest BCUT2D eigenvalue weighted by molar-refractivity contribution is 6.09. The summed E-state index contributed by atoms with van der Waals surface area (Å²) < 4.78 is 10.8. The molecule has 0 saturated carbocycles. The van der Waals surface area contributed by atoms with Gasteiger partial charge in [-0.05, 0) is 52.2 Å². The zero-order valence-corrected chi connectivity index (χ0v) is 18.6. The number of anilines is 1. The number of likely N-dealkylation sites (tertiary alicyclic amines) is 1. The summed E-state index contributed by atoms with van der Waals surface area (Å²) in [7, 11) is 1.49. The Kier molecular flexibility index (Phi) is 6.24. The monoisotopic (exact) mass is 429 g/mol. The molecule has 0 aliphatic carbocycles. The maximum Gasteiger partial charge on any atom is 0.410 e. The van der Waals surface area contributed by atoms with E-state index in [-0.39, 0.29) is 12.0 Å². The maximum absolute atomic E-state index is 13.4. The zero-order chi connectivity index (χ0) is 22.8. The number of rotatable bonds is 4. The molecule has 31 heavy (non-hydrogen) atoms. The standard InChI is InChI=1S/C22H31N5O4/c1-21(2,3)31-20(29)26-10-7-22(8-11-26)9-12-27(19(22)28)17-6-5-16(15(13-23)14-24)18(25-17)30-4/h5-6,13-14,23H,7-12,24H2,1-4H3/b15-14+,23-13?. The average Bonchev–Trinajstić information content (AvgIpc) is 3.04. The van der Waals surface area contributed by atoms with Gasteiger partial charge in [-0.1, -0.05) is 0 Å². The summed E-state index contributed by atoms with van der Waals surface area (Å²) in [5.74, 6) is 0.852. The molecule has 3 heterocycles. The van der Waals surface area contributed by atoms with Gasteiger partial charge in [-0.2, -0.15) is 4.98 Å². The van der Waals surface area contributed by atoms with Crippen molar-refractivity contribution < 1.29 is 19.1 Å². The second-order valence-corrected chi connectivity index (χ2v) is 8.95. The summed E-state index contributed by atoms with van der Waals surface area (Å²) in [6.07, 6.45) is 4.04. The van der Waals surface area contributed by atoms with Gasteiger partial charge in [0.05, 0.1) is 12.5 Å². The van der Waals surface area contributed by atoms with Crippen LogP contribution in [-0.2, 0) is 9.53 Å². The normalized spacial score (nSPS) is 19.0. The lowest BCUT2D eigenvalue weighted by Crippen LogP contribution is -2.48. The maximum atomic E-state index is 13.4. The van der Waals surface area contributed by atoms with Gasteiger partial charge in [0, 0.05) is 43.2 Å². The second kappa shape index (κ2) is 8.56. The van der Waals surface area contributed by atoms with E-state index < -0.39 is 11.0 Å². The van der Waals surface area contributed by atoms with Crippen LogP contribution in [0.2, 0.25) is 0 Å². The van der Waals surface area contributed by atoms with Crippen LogP contribution in [0.3, 0.4) is 0 Å². The Morgan fingerprint density at radius 1 is 1.23 bits per heavy atom. The zero-order valence-electron chi connectivity index (χ0n) is 18.6. The summed E-state index contributed by atoms with van der Waals surface area (Å²) in [6, 6.07) is 3.51. The molecule has 9 heteroatoms. The van der Waals surface area contributed by atoms with Crippen LogP contribution in [0.5, 0.6) is 5.88 Å². The van der Waals surface area contributed by atoms with E-state index in [1.807, 2.05) is 20.8 Å². The number of amides is 2. The Labute approximate surface area is 182 Å². The van der Waals surface area contributed by atoms with E-state index >= 15 is 0 Å². The summed E-state index contributed by atoms with van der Waals surface area (Å²) in [5, 5.41) is 7.49. The van der Waals surface area contributed by atoms with Crippen LogP contribution in [0.15, 0.2) is 18.3 Å². The van der Waals surface area contributed by atoms with Crippen LogP contribution in [-0.4, -0.2) is 60.4 Å². The number of hydrogen-bond donors (Lipinski definition) is 2. The highest BCUT2D eigenvalue weighted by atomic mass is 16.6. The van der Waals surface area contributed by atoms with Crippen molar-refractivity contribution in [2.45, 2.75) is 45.6 Å². The molecule has 0 atom stereocenters. The smallest absolute Gasteiger partial charge is 0.410 e. The molecule has 2 aliphatic heterocycles. The second-order valence-electron chi connectivity index (χ2n) is 8.95. The minimum absolute atomic E-state index is 0.0280. The SMILES string of the molecule is COc1nc(N2CCC3(CCN(C(=O)OC(C)(C)C)CC3)C2=O)ccc1/C(C=N)=C/N. The number of hydrogen-bond acceptors (Lipinski definition) is 7. The summed E-state index contributed by atoms with van der Waals surface area (Å²) in [5.41, 5.74) is 5.63. The highest BCUT2D eigenvalue weighted by Crippen LogP contribution is 2.43. The Hall–Kier alpha value is -3.10. The molecule has 1 aromatic heterocycles. The van der Waals surface area contributed by atoms with Crippen molar-refractivity contribution in [2.75, 3.05) is 31.6 Å². The van der Waals surface area contributed by atoms with E-state index in [2.05, 4.69) is 4.98 Å². The van der Waals surface area contributed by atoms with Gasteiger partial charge in [0.25, 0.3) is 0 Å². The molecule has 2 aliphatic rings. The number of carbonyl (C=O) groups excluding carboxylic acids is 2. The highest BCUT2D eigenvalue weighted by Gasteiger charge is 2.49. The molecule has 3 N–H and O–H groups in total. The van der Waals surface area contributed by atoms with Gasteiger partial charge < -0.3 is 25.5 Å². The first-order valence-electron chi connectivity index (χ1n) is 10.4. The molecular formula is C22H31N5O4. The molecule has 3 rings (SSSR count). The van der Waals surface area contributed by atoms with Crippen molar-refractivity contribution in [3.63, 3.8) is 0 Å². The molecule has 0 bridgehead atoms. The first-order valence-corrected chi connectivity index (χ1v) is 10.4. The molecule has 2 amide bonds. The number of pyridine rings is 1. The van der Waals surface area contributed by atoms with Gasteiger partial charge >= 0.3 is 6.09 Å². The Balaban J connectivity index is 1.73. The fourth-order valence-electron chi connectivity index (χ4n) is 4.12. The topological polar surface area (TPSA) is 122 Å². The van der Waals surface area contributed by atoms with Gasteiger partial charge in [0.15, 0.2) is 0 Å². The minimum Gasteiger partial charge on any atom is -0.480 e. The number of nitrogens with one attached hydrogen (secondary N) is 1. The number of ether oxygens (including phenoxy) is 2. The first-order chi connectivity index (χ1) is 14.6. The fraction of sp³-hybridized carbons (Fsp3) is 0.545. The molecule has 0 unspecified atom stereocenters. The van der Waals surface area contributed by atoms with Crippen molar-refractivity contribution in [3.05, 3.63) is 23.9 Å². The number of piperidine rings is 1. The van der Waals surface area contributed by atoms with Crippen LogP contribution in [0.1, 0.15) is 45.6 Å². The molecule has 168 valence electrons. The molecule has 9 nitrogen and oxygen atoms in total. The third-order valence-electron chi connectivity index (χ3n) is 5.85. The molecule has 0 radical (unpaired) electrons. The van der Waals surface area contributed by atoms with Crippen LogP contribution in [0, 0.1) is 10.8 Å². The van der Waals surface area contributed by atoms with E-state index in [1.54, 1.807) is 21.9 Å². The van der Waals surface area contributed by atoms with E-state index in [1.165, 1.54) is 13.3 Å². The molecule has 2 fully saturated rings. The lowest BCUT2D eigenvalue weighted by atomic mass is 9.77. The van der Waals surface area contributed by atoms with Crippen molar-refractivity contribution in [3.8, 4) is 5.88 Å². The lowest BCUT2D eigenvalue weighted by Gasteiger charge is -2.38. The summed E-state index contributed by atoms with van der Waals surface area (Å²) in [6.45, 7) is 7.08. The number of nitrogens with two attached hydrogens (primary N) is 1. The van der Waals surface area contributed by atoms with E-state index in [0.717, 1.165) is 6.21 Å². The summed E-state index contributed by atoms with van der Waals surface area (Å²) in [4.78, 5) is 33.6. The van der Waals surface area contributed by atoms with Crippen LogP contribution >= 0.6 is 0 Å². The van der Waals surface area contributed by atoms with E-state index in [4.69, 9.17) is 20.6 Å². The molecule has 1 spiro atoms. The van der Waals surface area contributed by atoms with Gasteiger partial charge in [0.2, 0.25) is 11.8 Å². The Bertz CT molecular complexity index is 898. The van der Waals surface area contributed by atoms with Crippen molar-refractivity contribution >= 4 is 29.6 Å². The first kappa shape index (κ1) is 22.6. The number of methoxy groups -OCH3 is 1. The quantitative estimate of drug-likeness (QED) is 0.710. The predicted molar refractivity (Wildman–Crippen MR) is 118 cm³/mol. The fourth-order valence-corrected chi connectivity index (χ4v) is 4.12. The molecule has 1 aromatic rings. The minimum atomic E-state index is -0.542. The van der Waals surface area contributed by atoms with E-state index in [9.17, 15) is 9.59 Å². The van der Waals surface area contributed by atoms with Crippen molar-refractivity contribution in [1.29, 1.82) is 5.41 Å². The molecule has 2 saturated heterocycles. The summed E-state index contributed by atoms with van der Waals surface area (Å²) >= 11 is 0. The average molecular weight is 430 g/mol. The molecule has 0 aromatic carbocycles. The Morgan fingerprint density at radius 2 is 1.87 bits per heavy atom. The largest absolute Gasteiger partial charge is 0.480 e. The van der Waals surface area contributed by atoms with E-state index in [0.29, 0.717) is 61.7 Å². The third kappa shape index (κ3) is 4.50. The number of nitrogens with zero attached hydrogens (tertiary/aromatic N) is 3. The predicted octanol–water partition coefficient (Wildman–Crippen LogP) is 2.79. The van der Waals surface area contributed by atoms with Crippen molar-refractivity contribution in [1.82, 2.24) is 9.88 Å². The lowest BCUT2D eigenvalue weighted by molar-refractivity contribution is -0.128. The molecular weight excluding hydrogens is 398 g/mol. The van der Waals surface area contributed by atoms with Crippen LogP contribution in [0.4, 0.5) is 10.6 Å². The van der Waals surface area contributed by atoms with Gasteiger partial charge in [-0.25, -0.2) is 4.79 Å². The number of carbonyl (C=O) groups is 2. The number of aromatic nitrogens is 1.